The molecule has 84 valence electrons. The lowest BCUT2D eigenvalue weighted by atomic mass is 10.00. The van der Waals surface area contributed by atoms with Gasteiger partial charge in [-0.3, -0.25) is 0 Å². The number of nitrogens with one attached hydrogen (secondary N) is 1. The molecule has 0 amide bonds. The number of halogens is 1. The zero-order valence-corrected chi connectivity index (χ0v) is 10.6. The quantitative estimate of drug-likeness (QED) is 0.631. The highest BCUT2D eigenvalue weighted by molar-refractivity contribution is 9.10. The predicted molar refractivity (Wildman–Crippen MR) is 63.4 cm³/mol. The minimum absolute atomic E-state index is 0.342. The van der Waals surface area contributed by atoms with Crippen LogP contribution in [0, 0.1) is 0 Å². The van der Waals surface area contributed by atoms with Crippen molar-refractivity contribution in [2.45, 2.75) is 13.5 Å². The molecule has 4 nitrogen and oxygen atoms in total. The second-order valence-electron chi connectivity index (χ2n) is 3.47. The largest absolute Gasteiger partial charge is 0.464 e. The molecule has 0 fully saturated rings. The van der Waals surface area contributed by atoms with Crippen LogP contribution in [0.25, 0.3) is 5.57 Å². The molecule has 1 aliphatic heterocycles. The summed E-state index contributed by atoms with van der Waals surface area (Å²) in [6, 6.07) is 3.81. The first kappa shape index (κ1) is 11.1. The van der Waals surface area contributed by atoms with Crippen molar-refractivity contribution in [3.8, 4) is 0 Å². The topological polar surface area (TPSA) is 51.2 Å². The average Bonchev–Trinajstić information content (AvgIpc) is 2.28. The first-order chi connectivity index (χ1) is 7.63. The smallest absolute Gasteiger partial charge is 0.354 e. The van der Waals surface area contributed by atoms with E-state index in [0.717, 1.165) is 21.4 Å². The number of methoxy groups -OCH3 is 1. The molecule has 1 N–H and O–H groups in total. The Labute approximate surface area is 102 Å². The van der Waals surface area contributed by atoms with Crippen LogP contribution in [0.2, 0.25) is 0 Å². The van der Waals surface area contributed by atoms with Crippen LogP contribution in [-0.2, 0) is 16.1 Å². The molecule has 1 aromatic heterocycles. The number of carbonyl (C=O) groups is 1. The zero-order valence-electron chi connectivity index (χ0n) is 9.00. The fourth-order valence-electron chi connectivity index (χ4n) is 1.72. The Balaban J connectivity index is 2.50. The second kappa shape index (κ2) is 4.25. The van der Waals surface area contributed by atoms with Gasteiger partial charge in [-0.1, -0.05) is 6.07 Å². The van der Waals surface area contributed by atoms with E-state index in [-0.39, 0.29) is 5.97 Å². The third-order valence-electron chi connectivity index (χ3n) is 2.54. The Morgan fingerprint density at radius 2 is 2.31 bits per heavy atom. The van der Waals surface area contributed by atoms with Gasteiger partial charge in [0.05, 0.1) is 19.3 Å². The fourth-order valence-corrected chi connectivity index (χ4v) is 2.06. The summed E-state index contributed by atoms with van der Waals surface area (Å²) in [5, 5.41) is 3.02. The van der Waals surface area contributed by atoms with Crippen LogP contribution in [0.15, 0.2) is 22.4 Å². The number of ether oxygens (including phenoxy) is 1. The van der Waals surface area contributed by atoms with Crippen molar-refractivity contribution in [3.05, 3.63) is 33.7 Å². The number of pyridine rings is 1. The summed E-state index contributed by atoms with van der Waals surface area (Å²) in [5.74, 6) is -0.342. The van der Waals surface area contributed by atoms with Crippen LogP contribution in [0.3, 0.4) is 0 Å². The highest BCUT2D eigenvalue weighted by atomic mass is 79.9. The molecule has 0 unspecified atom stereocenters. The molecule has 0 aromatic carbocycles. The molecule has 0 saturated heterocycles. The van der Waals surface area contributed by atoms with Gasteiger partial charge in [0, 0.05) is 5.56 Å². The van der Waals surface area contributed by atoms with E-state index in [9.17, 15) is 4.79 Å². The molecule has 0 radical (unpaired) electrons. The van der Waals surface area contributed by atoms with Gasteiger partial charge in [0.1, 0.15) is 10.3 Å². The van der Waals surface area contributed by atoms with Crippen molar-refractivity contribution < 1.29 is 9.53 Å². The normalized spacial score (nSPS) is 14.2. The molecule has 2 rings (SSSR count). The molecule has 0 saturated carbocycles. The summed E-state index contributed by atoms with van der Waals surface area (Å²) in [7, 11) is 1.37. The molecule has 5 heteroatoms. The lowest BCUT2D eigenvalue weighted by molar-refractivity contribution is -0.136. The van der Waals surface area contributed by atoms with Crippen molar-refractivity contribution in [1.29, 1.82) is 0 Å². The van der Waals surface area contributed by atoms with Gasteiger partial charge in [-0.2, -0.15) is 0 Å². The molecule has 0 spiro atoms. The van der Waals surface area contributed by atoms with Crippen LogP contribution in [0.4, 0.5) is 0 Å². The van der Waals surface area contributed by atoms with Crippen LogP contribution in [-0.4, -0.2) is 18.1 Å². The molecule has 16 heavy (non-hydrogen) atoms. The van der Waals surface area contributed by atoms with Crippen molar-refractivity contribution in [1.82, 2.24) is 10.3 Å². The summed E-state index contributed by atoms with van der Waals surface area (Å²) in [6.45, 7) is 2.42. The maximum absolute atomic E-state index is 11.5. The zero-order chi connectivity index (χ0) is 11.7. The summed E-state index contributed by atoms with van der Waals surface area (Å²) in [4.78, 5) is 15.8. The number of allylic oxidation sites excluding steroid dienone is 1. The van der Waals surface area contributed by atoms with E-state index >= 15 is 0 Å². The van der Waals surface area contributed by atoms with Crippen molar-refractivity contribution >= 4 is 27.5 Å². The van der Waals surface area contributed by atoms with Gasteiger partial charge in [0.15, 0.2) is 0 Å². The summed E-state index contributed by atoms with van der Waals surface area (Å²) in [5.41, 5.74) is 3.30. The van der Waals surface area contributed by atoms with Crippen LogP contribution in [0.1, 0.15) is 18.2 Å². The third kappa shape index (κ3) is 1.82. The number of hydrogen-bond acceptors (Lipinski definition) is 4. The van der Waals surface area contributed by atoms with Crippen LogP contribution < -0.4 is 5.32 Å². The van der Waals surface area contributed by atoms with Crippen molar-refractivity contribution in [2.75, 3.05) is 7.11 Å². The minimum Gasteiger partial charge on any atom is -0.464 e. The average molecular weight is 283 g/mol. The first-order valence-electron chi connectivity index (χ1n) is 4.82. The minimum atomic E-state index is -0.342. The van der Waals surface area contributed by atoms with Gasteiger partial charge in [0.2, 0.25) is 0 Å². The maximum atomic E-state index is 11.5. The van der Waals surface area contributed by atoms with Crippen molar-refractivity contribution in [3.63, 3.8) is 0 Å². The summed E-state index contributed by atoms with van der Waals surface area (Å²) in [6.07, 6.45) is 0. The maximum Gasteiger partial charge on any atom is 0.354 e. The summed E-state index contributed by atoms with van der Waals surface area (Å²) >= 11 is 3.32. The highest BCUT2D eigenvalue weighted by Crippen LogP contribution is 2.26. The van der Waals surface area contributed by atoms with E-state index in [1.807, 2.05) is 19.1 Å². The van der Waals surface area contributed by atoms with Gasteiger partial charge in [-0.15, -0.1) is 0 Å². The number of rotatable bonds is 1. The first-order valence-corrected chi connectivity index (χ1v) is 5.61. The second-order valence-corrected chi connectivity index (χ2v) is 4.29. The molecular formula is C11H11BrN2O2. The van der Waals surface area contributed by atoms with Gasteiger partial charge < -0.3 is 10.1 Å². The highest BCUT2D eigenvalue weighted by Gasteiger charge is 2.21. The molecule has 1 aliphatic rings. The molecule has 1 aromatic rings. The number of fused-ring (bicyclic) bond motifs is 1. The molecular weight excluding hydrogens is 272 g/mol. The number of carbonyl (C=O) groups excluding carboxylic acids is 1. The molecule has 0 atom stereocenters. The molecule has 0 aliphatic carbocycles. The number of hydrogen-bond donors (Lipinski definition) is 1. The van der Waals surface area contributed by atoms with Crippen LogP contribution >= 0.6 is 15.9 Å². The van der Waals surface area contributed by atoms with E-state index in [2.05, 4.69) is 26.2 Å². The lowest BCUT2D eigenvalue weighted by Crippen LogP contribution is -2.27. The standard InChI is InChI=1S/C11H11BrN2O2/c1-6-7-3-4-9(12)14-8(7)5-13-10(6)11(15)16-2/h3-4,13H,5H2,1-2H3. The Hall–Kier alpha value is -1.36. The van der Waals surface area contributed by atoms with Gasteiger partial charge >= 0.3 is 5.97 Å². The lowest BCUT2D eigenvalue weighted by Gasteiger charge is -2.20. The van der Waals surface area contributed by atoms with Crippen LogP contribution in [0.5, 0.6) is 0 Å². The molecule has 0 bridgehead atoms. The van der Waals surface area contributed by atoms with Gasteiger partial charge in [-0.25, -0.2) is 9.78 Å². The Kier molecular flexibility index (Phi) is 2.96. The fraction of sp³-hybridized carbons (Fsp3) is 0.273. The monoisotopic (exact) mass is 282 g/mol. The van der Waals surface area contributed by atoms with Gasteiger partial charge in [0.25, 0.3) is 0 Å². The molecule has 2 heterocycles. The number of nitrogens with zero attached hydrogens (tertiary/aromatic N) is 1. The van der Waals surface area contributed by atoms with E-state index in [1.165, 1.54) is 7.11 Å². The number of esters is 1. The van der Waals surface area contributed by atoms with E-state index in [1.54, 1.807) is 0 Å². The Bertz CT molecular complexity index is 483. The van der Waals surface area contributed by atoms with E-state index < -0.39 is 0 Å². The van der Waals surface area contributed by atoms with Crippen molar-refractivity contribution in [2.24, 2.45) is 0 Å². The van der Waals surface area contributed by atoms with Gasteiger partial charge in [-0.05, 0) is 34.5 Å². The predicted octanol–water partition coefficient (Wildman–Crippen LogP) is 1.85. The Morgan fingerprint density at radius 1 is 1.56 bits per heavy atom. The summed E-state index contributed by atoms with van der Waals surface area (Å²) < 4.78 is 5.50. The number of aromatic nitrogens is 1. The SMILES string of the molecule is COC(=O)C1=C(C)c2ccc(Br)nc2CN1. The van der Waals surface area contributed by atoms with E-state index in [0.29, 0.717) is 12.2 Å². The Morgan fingerprint density at radius 3 is 3.00 bits per heavy atom. The third-order valence-corrected chi connectivity index (χ3v) is 2.98. The van der Waals surface area contributed by atoms with E-state index in [4.69, 9.17) is 4.74 Å².